The van der Waals surface area contributed by atoms with Gasteiger partial charge in [0.15, 0.2) is 0 Å². The minimum Gasteiger partial charge on any atom is -0.463 e. The van der Waals surface area contributed by atoms with Gasteiger partial charge in [0.25, 0.3) is 0 Å². The third-order valence-electron chi connectivity index (χ3n) is 3.35. The number of likely N-dealkylation sites (N-methyl/N-ethyl adjacent to an activating group) is 1. The van der Waals surface area contributed by atoms with Crippen LogP contribution in [0, 0.1) is 6.92 Å². The van der Waals surface area contributed by atoms with Crippen LogP contribution in [0.5, 0.6) is 0 Å². The Morgan fingerprint density at radius 2 is 2.25 bits per heavy atom. The Hall–Kier alpha value is -1.10. The van der Waals surface area contributed by atoms with Gasteiger partial charge in [-0.1, -0.05) is 13.0 Å². The van der Waals surface area contributed by atoms with Gasteiger partial charge in [-0.05, 0) is 50.0 Å². The Balaban J connectivity index is 1.82. The largest absolute Gasteiger partial charge is 0.463 e. The van der Waals surface area contributed by atoms with E-state index >= 15 is 0 Å². The molecule has 0 fully saturated rings. The molecular formula is C16H24N2OS. The molecule has 20 heavy (non-hydrogen) atoms. The maximum Gasteiger partial charge on any atom is 0.120 e. The Labute approximate surface area is 125 Å². The molecule has 2 heterocycles. The highest BCUT2D eigenvalue weighted by Gasteiger charge is 2.09. The number of nitrogens with zero attached hydrogens (tertiary/aromatic N) is 1. The Morgan fingerprint density at radius 3 is 2.95 bits per heavy atom. The smallest absolute Gasteiger partial charge is 0.120 e. The van der Waals surface area contributed by atoms with Crippen molar-refractivity contribution in [3.05, 3.63) is 45.5 Å². The summed E-state index contributed by atoms with van der Waals surface area (Å²) in [5.41, 5.74) is 1.24. The summed E-state index contributed by atoms with van der Waals surface area (Å²) in [7, 11) is 2.15. The van der Waals surface area contributed by atoms with E-state index < -0.39 is 0 Å². The van der Waals surface area contributed by atoms with Crippen LogP contribution in [0.3, 0.4) is 0 Å². The van der Waals surface area contributed by atoms with E-state index in [9.17, 15) is 0 Å². The van der Waals surface area contributed by atoms with E-state index in [0.717, 1.165) is 44.1 Å². The van der Waals surface area contributed by atoms with Gasteiger partial charge in [0.2, 0.25) is 0 Å². The molecule has 110 valence electrons. The molecule has 0 bridgehead atoms. The van der Waals surface area contributed by atoms with Crippen molar-refractivity contribution in [3.8, 4) is 0 Å². The van der Waals surface area contributed by atoms with Gasteiger partial charge in [0, 0.05) is 11.4 Å². The zero-order valence-electron chi connectivity index (χ0n) is 12.6. The molecule has 1 N–H and O–H groups in total. The summed E-state index contributed by atoms with van der Waals surface area (Å²) >= 11 is 1.83. The first kappa shape index (κ1) is 15.3. The molecule has 2 rings (SSSR count). The van der Waals surface area contributed by atoms with Gasteiger partial charge in [-0.25, -0.2) is 0 Å². The second-order valence-corrected chi connectivity index (χ2v) is 6.20. The lowest BCUT2D eigenvalue weighted by Crippen LogP contribution is -2.20. The fourth-order valence-electron chi connectivity index (χ4n) is 2.18. The molecule has 0 aliphatic heterocycles. The van der Waals surface area contributed by atoms with Gasteiger partial charge in [-0.15, -0.1) is 11.3 Å². The summed E-state index contributed by atoms with van der Waals surface area (Å²) in [5, 5.41) is 5.45. The molecule has 0 unspecified atom stereocenters. The summed E-state index contributed by atoms with van der Waals surface area (Å²) in [6.45, 7) is 7.95. The lowest BCUT2D eigenvalue weighted by Gasteiger charge is -2.14. The first-order valence-corrected chi connectivity index (χ1v) is 8.06. The maximum atomic E-state index is 5.92. The number of hydrogen-bond donors (Lipinski definition) is 1. The molecule has 0 aliphatic rings. The van der Waals surface area contributed by atoms with Crippen LogP contribution in [0.1, 0.15) is 28.9 Å². The normalized spacial score (nSPS) is 11.4. The predicted octanol–water partition coefficient (Wildman–Crippen LogP) is 3.43. The van der Waals surface area contributed by atoms with Crippen LogP contribution in [0.15, 0.2) is 28.0 Å². The van der Waals surface area contributed by atoms with E-state index in [-0.39, 0.29) is 0 Å². The number of aryl methyl sites for hydroxylation is 1. The van der Waals surface area contributed by atoms with Crippen molar-refractivity contribution < 1.29 is 4.42 Å². The second kappa shape index (κ2) is 7.62. The van der Waals surface area contributed by atoms with Crippen LogP contribution in [0.2, 0.25) is 0 Å². The molecule has 0 aliphatic carbocycles. The lowest BCUT2D eigenvalue weighted by atomic mass is 10.2. The summed E-state index contributed by atoms with van der Waals surface area (Å²) in [6, 6.07) is 6.47. The predicted molar refractivity (Wildman–Crippen MR) is 85.2 cm³/mol. The molecule has 0 atom stereocenters. The average Bonchev–Trinajstić information content (AvgIpc) is 3.04. The van der Waals surface area contributed by atoms with Crippen molar-refractivity contribution in [2.24, 2.45) is 0 Å². The van der Waals surface area contributed by atoms with Crippen LogP contribution < -0.4 is 5.32 Å². The fourth-order valence-corrected chi connectivity index (χ4v) is 2.88. The van der Waals surface area contributed by atoms with Gasteiger partial charge < -0.3 is 9.73 Å². The summed E-state index contributed by atoms with van der Waals surface area (Å²) in [6.07, 6.45) is 1.11. The molecule has 2 aromatic rings. The van der Waals surface area contributed by atoms with Gasteiger partial charge in [-0.2, -0.15) is 0 Å². The summed E-state index contributed by atoms with van der Waals surface area (Å²) in [4.78, 5) is 3.76. The highest BCUT2D eigenvalue weighted by molar-refractivity contribution is 7.09. The van der Waals surface area contributed by atoms with Crippen molar-refractivity contribution in [1.82, 2.24) is 10.2 Å². The molecule has 0 saturated heterocycles. The Kier molecular flexibility index (Phi) is 5.83. The zero-order chi connectivity index (χ0) is 14.4. The zero-order valence-corrected chi connectivity index (χ0v) is 13.4. The lowest BCUT2D eigenvalue weighted by molar-refractivity contribution is 0.293. The van der Waals surface area contributed by atoms with Crippen molar-refractivity contribution >= 4 is 11.3 Å². The molecule has 0 saturated carbocycles. The Morgan fingerprint density at radius 1 is 1.40 bits per heavy atom. The minimum atomic E-state index is 0.821. The molecule has 0 radical (unpaired) electrons. The first-order chi connectivity index (χ1) is 9.69. The third-order valence-corrected chi connectivity index (χ3v) is 4.29. The average molecular weight is 292 g/mol. The van der Waals surface area contributed by atoms with Gasteiger partial charge >= 0.3 is 0 Å². The minimum absolute atomic E-state index is 0.821. The quantitative estimate of drug-likeness (QED) is 0.808. The van der Waals surface area contributed by atoms with Crippen molar-refractivity contribution in [1.29, 1.82) is 0 Å². The SMILES string of the molecule is CCNCc1oc(CN(C)CCc2cccs2)cc1C. The van der Waals surface area contributed by atoms with Crippen molar-refractivity contribution in [2.75, 3.05) is 20.1 Å². The van der Waals surface area contributed by atoms with Crippen LogP contribution in [0.4, 0.5) is 0 Å². The van der Waals surface area contributed by atoms with E-state index in [1.165, 1.54) is 10.4 Å². The van der Waals surface area contributed by atoms with E-state index in [1.54, 1.807) is 0 Å². The Bertz CT molecular complexity index is 505. The number of nitrogens with one attached hydrogen (secondary N) is 1. The van der Waals surface area contributed by atoms with E-state index in [2.05, 4.69) is 54.7 Å². The fraction of sp³-hybridized carbons (Fsp3) is 0.500. The van der Waals surface area contributed by atoms with Gasteiger partial charge in [0.1, 0.15) is 11.5 Å². The molecular weight excluding hydrogens is 268 g/mol. The van der Waals surface area contributed by atoms with Gasteiger partial charge in [-0.3, -0.25) is 4.90 Å². The first-order valence-electron chi connectivity index (χ1n) is 7.19. The summed E-state index contributed by atoms with van der Waals surface area (Å²) in [5.74, 6) is 2.12. The second-order valence-electron chi connectivity index (χ2n) is 5.17. The molecule has 0 aromatic carbocycles. The van der Waals surface area contributed by atoms with Crippen LogP contribution in [-0.2, 0) is 19.5 Å². The highest BCUT2D eigenvalue weighted by Crippen LogP contribution is 2.16. The van der Waals surface area contributed by atoms with Crippen LogP contribution in [0.25, 0.3) is 0 Å². The highest BCUT2D eigenvalue weighted by atomic mass is 32.1. The van der Waals surface area contributed by atoms with Crippen molar-refractivity contribution in [3.63, 3.8) is 0 Å². The number of thiophene rings is 1. The van der Waals surface area contributed by atoms with E-state index in [0.29, 0.717) is 0 Å². The number of hydrogen-bond acceptors (Lipinski definition) is 4. The summed E-state index contributed by atoms with van der Waals surface area (Å²) < 4.78 is 5.92. The molecule has 3 nitrogen and oxygen atoms in total. The molecule has 0 spiro atoms. The molecule has 2 aromatic heterocycles. The molecule has 0 amide bonds. The maximum absolute atomic E-state index is 5.92. The standard InChI is InChI=1S/C16H24N2OS/c1-4-17-11-16-13(2)10-14(19-16)12-18(3)8-7-15-6-5-9-20-15/h5-6,9-10,17H,4,7-8,11-12H2,1-3H3. The molecule has 4 heteroatoms. The van der Waals surface area contributed by atoms with Crippen LogP contribution >= 0.6 is 11.3 Å². The van der Waals surface area contributed by atoms with Crippen LogP contribution in [-0.4, -0.2) is 25.0 Å². The van der Waals surface area contributed by atoms with E-state index in [4.69, 9.17) is 4.42 Å². The van der Waals surface area contributed by atoms with Gasteiger partial charge in [0.05, 0.1) is 13.1 Å². The van der Waals surface area contributed by atoms with Crippen molar-refractivity contribution in [2.45, 2.75) is 33.4 Å². The topological polar surface area (TPSA) is 28.4 Å². The monoisotopic (exact) mass is 292 g/mol. The van der Waals surface area contributed by atoms with E-state index in [1.807, 2.05) is 11.3 Å². The number of furan rings is 1. The number of rotatable bonds is 8. The third kappa shape index (κ3) is 4.47.